The van der Waals surface area contributed by atoms with E-state index in [0.717, 1.165) is 30.8 Å². The highest BCUT2D eigenvalue weighted by atomic mass is 32.1. The van der Waals surface area contributed by atoms with Crippen LogP contribution in [0.25, 0.3) is 0 Å². The van der Waals surface area contributed by atoms with Crippen LogP contribution in [0.1, 0.15) is 28.3 Å². The molecular weight excluding hydrogens is 380 g/mol. The number of tetrazole rings is 1. The zero-order valence-electron chi connectivity index (χ0n) is 15.7. The number of aromatic nitrogens is 4. The summed E-state index contributed by atoms with van der Waals surface area (Å²) in [6.07, 6.45) is 1.66. The van der Waals surface area contributed by atoms with Crippen LogP contribution >= 0.6 is 11.3 Å². The molecule has 10 heteroatoms. The van der Waals surface area contributed by atoms with Crippen LogP contribution in [-0.2, 0) is 22.6 Å². The Bertz CT molecular complexity index is 802. The van der Waals surface area contributed by atoms with E-state index in [1.54, 1.807) is 9.58 Å². The van der Waals surface area contributed by atoms with Gasteiger partial charge >= 0.3 is 0 Å². The van der Waals surface area contributed by atoms with Crippen LogP contribution < -0.4 is 0 Å². The number of thiophene rings is 1. The highest BCUT2D eigenvalue weighted by Gasteiger charge is 2.30. The minimum atomic E-state index is -0.127. The molecule has 0 saturated carbocycles. The number of hydrogen-bond acceptors (Lipinski definition) is 8. The summed E-state index contributed by atoms with van der Waals surface area (Å²) >= 11 is 1.46. The maximum Gasteiger partial charge on any atom is 0.244 e. The first kappa shape index (κ1) is 19.2. The molecule has 2 aromatic heterocycles. The number of ether oxygens (including phenoxy) is 1. The standard InChI is InChI=1S/C18H24N6O3S/c25-17(13-24-16(19-20-21-24)12-22-6-8-27-9-7-22)23-5-1-3-14(11-23)18(26)15-4-2-10-28-15/h2,4,10,14H,1,3,5-9,11-13H2/t14-/m0/s1. The van der Waals surface area contributed by atoms with E-state index in [1.807, 2.05) is 17.5 Å². The monoisotopic (exact) mass is 404 g/mol. The van der Waals surface area contributed by atoms with Gasteiger partial charge in [-0.05, 0) is 34.7 Å². The van der Waals surface area contributed by atoms with Gasteiger partial charge in [-0.1, -0.05) is 6.07 Å². The van der Waals surface area contributed by atoms with E-state index in [0.29, 0.717) is 38.7 Å². The molecule has 150 valence electrons. The quantitative estimate of drug-likeness (QED) is 0.654. The van der Waals surface area contributed by atoms with Gasteiger partial charge in [0.15, 0.2) is 11.6 Å². The predicted octanol–water partition coefficient (Wildman–Crippen LogP) is 0.688. The second kappa shape index (κ2) is 8.89. The predicted molar refractivity (Wildman–Crippen MR) is 102 cm³/mol. The maximum absolute atomic E-state index is 12.8. The van der Waals surface area contributed by atoms with Gasteiger partial charge in [0, 0.05) is 32.1 Å². The van der Waals surface area contributed by atoms with Crippen molar-refractivity contribution in [3.05, 3.63) is 28.2 Å². The van der Waals surface area contributed by atoms with Gasteiger partial charge in [0.05, 0.1) is 24.6 Å². The minimum Gasteiger partial charge on any atom is -0.379 e. The molecule has 2 aromatic rings. The maximum atomic E-state index is 12.8. The number of piperidine rings is 1. The molecule has 2 aliphatic rings. The van der Waals surface area contributed by atoms with Gasteiger partial charge in [0.1, 0.15) is 6.54 Å². The Labute approximate surface area is 167 Å². The summed E-state index contributed by atoms with van der Waals surface area (Å²) in [4.78, 5) is 30.2. The van der Waals surface area contributed by atoms with Crippen molar-refractivity contribution in [3.63, 3.8) is 0 Å². The molecule has 9 nitrogen and oxygen atoms in total. The lowest BCUT2D eigenvalue weighted by molar-refractivity contribution is -0.133. The van der Waals surface area contributed by atoms with Crippen molar-refractivity contribution < 1.29 is 14.3 Å². The Kier molecular flexibility index (Phi) is 6.08. The second-order valence-corrected chi connectivity index (χ2v) is 8.11. The van der Waals surface area contributed by atoms with Gasteiger partial charge in [-0.2, -0.15) is 0 Å². The van der Waals surface area contributed by atoms with Crippen LogP contribution in [0.5, 0.6) is 0 Å². The van der Waals surface area contributed by atoms with Gasteiger partial charge in [-0.15, -0.1) is 16.4 Å². The number of ketones is 1. The fourth-order valence-corrected chi connectivity index (χ4v) is 4.43. The topological polar surface area (TPSA) is 93.5 Å². The van der Waals surface area contributed by atoms with Crippen LogP contribution in [0.15, 0.2) is 17.5 Å². The highest BCUT2D eigenvalue weighted by Crippen LogP contribution is 2.23. The molecular formula is C18H24N6O3S. The Hall–Kier alpha value is -2.17. The van der Waals surface area contributed by atoms with Gasteiger partial charge in [-0.25, -0.2) is 4.68 Å². The largest absolute Gasteiger partial charge is 0.379 e. The van der Waals surface area contributed by atoms with Crippen molar-refractivity contribution in [2.45, 2.75) is 25.9 Å². The molecule has 1 atom stereocenters. The lowest BCUT2D eigenvalue weighted by Crippen LogP contribution is -2.44. The van der Waals surface area contributed by atoms with Gasteiger partial charge < -0.3 is 9.64 Å². The van der Waals surface area contributed by atoms with Crippen LogP contribution in [0.4, 0.5) is 0 Å². The first-order chi connectivity index (χ1) is 13.7. The van der Waals surface area contributed by atoms with Crippen molar-refractivity contribution in [1.29, 1.82) is 0 Å². The van der Waals surface area contributed by atoms with E-state index in [1.165, 1.54) is 11.3 Å². The van der Waals surface area contributed by atoms with Crippen LogP contribution in [0.2, 0.25) is 0 Å². The van der Waals surface area contributed by atoms with Crippen LogP contribution in [0.3, 0.4) is 0 Å². The number of carbonyl (C=O) groups excluding carboxylic acids is 2. The van der Waals surface area contributed by atoms with E-state index in [9.17, 15) is 9.59 Å². The summed E-state index contributed by atoms with van der Waals surface area (Å²) in [6, 6.07) is 3.74. The Morgan fingerprint density at radius 1 is 1.25 bits per heavy atom. The lowest BCUT2D eigenvalue weighted by atomic mass is 9.93. The second-order valence-electron chi connectivity index (χ2n) is 7.16. The molecule has 2 fully saturated rings. The molecule has 0 spiro atoms. The van der Waals surface area contributed by atoms with Gasteiger partial charge in [-0.3, -0.25) is 14.5 Å². The van der Waals surface area contributed by atoms with E-state index >= 15 is 0 Å². The molecule has 2 aliphatic heterocycles. The molecule has 1 amide bonds. The number of carbonyl (C=O) groups is 2. The molecule has 0 aromatic carbocycles. The number of nitrogens with zero attached hydrogens (tertiary/aromatic N) is 6. The first-order valence-corrected chi connectivity index (χ1v) is 10.5. The summed E-state index contributed by atoms with van der Waals surface area (Å²) in [6.45, 7) is 4.92. The third kappa shape index (κ3) is 4.45. The van der Waals surface area contributed by atoms with E-state index in [-0.39, 0.29) is 24.2 Å². The van der Waals surface area contributed by atoms with Crippen LogP contribution in [-0.4, -0.2) is 81.1 Å². The zero-order valence-corrected chi connectivity index (χ0v) is 16.5. The third-order valence-electron chi connectivity index (χ3n) is 5.27. The van der Waals surface area contributed by atoms with Crippen molar-refractivity contribution >= 4 is 23.0 Å². The molecule has 0 N–H and O–H groups in total. The number of likely N-dealkylation sites (tertiary alicyclic amines) is 1. The smallest absolute Gasteiger partial charge is 0.244 e. The summed E-state index contributed by atoms with van der Waals surface area (Å²) in [7, 11) is 0. The van der Waals surface area contributed by atoms with Crippen LogP contribution in [0, 0.1) is 5.92 Å². The van der Waals surface area contributed by atoms with E-state index in [4.69, 9.17) is 4.74 Å². The Balaban J connectivity index is 1.36. The third-order valence-corrected chi connectivity index (χ3v) is 6.15. The molecule has 0 aliphatic carbocycles. The number of Topliss-reactive ketones (excluding diaryl/α,β-unsaturated/α-hetero) is 1. The number of amides is 1. The van der Waals surface area contributed by atoms with E-state index < -0.39 is 0 Å². The SMILES string of the molecule is O=C(c1cccs1)[C@H]1CCCN(C(=O)Cn2nnnc2CN2CCOCC2)C1. The highest BCUT2D eigenvalue weighted by molar-refractivity contribution is 7.12. The summed E-state index contributed by atoms with van der Waals surface area (Å²) in [5.41, 5.74) is 0. The molecule has 4 rings (SSSR count). The average molecular weight is 404 g/mol. The first-order valence-electron chi connectivity index (χ1n) is 9.61. The molecule has 2 saturated heterocycles. The normalized spacial score (nSPS) is 21.0. The number of hydrogen-bond donors (Lipinski definition) is 0. The molecule has 0 bridgehead atoms. The van der Waals surface area contributed by atoms with Crippen molar-refractivity contribution in [2.75, 3.05) is 39.4 Å². The summed E-state index contributed by atoms with van der Waals surface area (Å²) in [5, 5.41) is 13.7. The number of morpholine rings is 1. The zero-order chi connectivity index (χ0) is 19.3. The van der Waals surface area contributed by atoms with Gasteiger partial charge in [0.2, 0.25) is 5.91 Å². The molecule has 28 heavy (non-hydrogen) atoms. The fourth-order valence-electron chi connectivity index (χ4n) is 3.68. The molecule has 0 unspecified atom stereocenters. The Morgan fingerprint density at radius 2 is 2.11 bits per heavy atom. The summed E-state index contributed by atoms with van der Waals surface area (Å²) < 4.78 is 6.93. The van der Waals surface area contributed by atoms with Gasteiger partial charge in [0.25, 0.3) is 0 Å². The Morgan fingerprint density at radius 3 is 2.89 bits per heavy atom. The van der Waals surface area contributed by atoms with Crippen molar-refractivity contribution in [1.82, 2.24) is 30.0 Å². The average Bonchev–Trinajstić information content (AvgIpc) is 3.41. The van der Waals surface area contributed by atoms with Crippen molar-refractivity contribution in [3.8, 4) is 0 Å². The van der Waals surface area contributed by atoms with Crippen molar-refractivity contribution in [2.24, 2.45) is 5.92 Å². The molecule has 4 heterocycles. The summed E-state index contributed by atoms with van der Waals surface area (Å²) in [5.74, 6) is 0.652. The molecule has 0 radical (unpaired) electrons. The van der Waals surface area contributed by atoms with E-state index in [2.05, 4.69) is 20.4 Å². The fraction of sp³-hybridized carbons (Fsp3) is 0.611. The number of rotatable bonds is 6. The minimum absolute atomic E-state index is 0.0424. The lowest BCUT2D eigenvalue weighted by Gasteiger charge is -2.32.